The highest BCUT2D eigenvalue weighted by Crippen LogP contribution is 2.35. The van der Waals surface area contributed by atoms with Crippen molar-refractivity contribution in [1.82, 2.24) is 31.1 Å². The summed E-state index contributed by atoms with van der Waals surface area (Å²) in [5.41, 5.74) is 3.01. The number of nitrogens with zero attached hydrogens (tertiary/aromatic N) is 2. The molecule has 0 bridgehead atoms. The fourth-order valence-electron chi connectivity index (χ4n) is 6.36. The van der Waals surface area contributed by atoms with Gasteiger partial charge in [-0.2, -0.15) is 0 Å². The van der Waals surface area contributed by atoms with E-state index in [9.17, 15) is 24.0 Å². The molecule has 3 unspecified atom stereocenters. The van der Waals surface area contributed by atoms with Gasteiger partial charge >= 0.3 is 0 Å². The smallest absolute Gasteiger partial charge is 0.249 e. The highest BCUT2D eigenvalue weighted by atomic mass is 16.5. The zero-order chi connectivity index (χ0) is 47.8. The van der Waals surface area contributed by atoms with E-state index in [0.29, 0.717) is 37.9 Å². The highest BCUT2D eigenvalue weighted by Gasteiger charge is 2.30. The number of allylic oxidation sites excluding steroid dienone is 6. The summed E-state index contributed by atoms with van der Waals surface area (Å²) in [6.45, 7) is 22.7. The van der Waals surface area contributed by atoms with Crippen molar-refractivity contribution < 1.29 is 33.8 Å². The predicted octanol–water partition coefficient (Wildman–Crippen LogP) is 7.51. The van der Waals surface area contributed by atoms with E-state index in [1.54, 1.807) is 19.0 Å². The molecule has 5 amide bonds. The van der Waals surface area contributed by atoms with Gasteiger partial charge in [0, 0.05) is 75.8 Å². The number of likely N-dealkylation sites (N-methyl/N-ethyl adjacent to an activating group) is 1. The summed E-state index contributed by atoms with van der Waals surface area (Å²) in [5, 5.41) is 20.4. The molecular weight excluding hydrogens is 797 g/mol. The Balaban J connectivity index is 0.00000103. The summed E-state index contributed by atoms with van der Waals surface area (Å²) in [6.07, 6.45) is 15.8. The summed E-state index contributed by atoms with van der Waals surface area (Å²) >= 11 is 0. The monoisotopic (exact) mass is 881 g/mol. The highest BCUT2D eigenvalue weighted by molar-refractivity contribution is 5.95. The van der Waals surface area contributed by atoms with Crippen molar-refractivity contribution in [2.45, 2.75) is 139 Å². The number of aliphatic hydroxyl groups excluding tert-OH is 1. The molecule has 0 aromatic heterocycles. The van der Waals surface area contributed by atoms with Gasteiger partial charge in [-0.05, 0) is 56.6 Å². The van der Waals surface area contributed by atoms with Gasteiger partial charge in [0.2, 0.25) is 30.0 Å². The van der Waals surface area contributed by atoms with E-state index in [4.69, 9.17) is 9.84 Å². The van der Waals surface area contributed by atoms with Crippen LogP contribution in [-0.4, -0.2) is 104 Å². The lowest BCUT2D eigenvalue weighted by atomic mass is 9.79. The maximum Gasteiger partial charge on any atom is 0.249 e. The maximum atomic E-state index is 12.7. The lowest BCUT2D eigenvalue weighted by Gasteiger charge is -2.29. The van der Waals surface area contributed by atoms with Crippen LogP contribution in [0.25, 0.3) is 0 Å². The van der Waals surface area contributed by atoms with Crippen molar-refractivity contribution in [3.05, 3.63) is 82.8 Å². The molecule has 1 aromatic rings. The minimum atomic E-state index is -0.543. The molecule has 3 atom stereocenters. The summed E-state index contributed by atoms with van der Waals surface area (Å²) in [5.74, 6) is 1.28. The van der Waals surface area contributed by atoms with Crippen LogP contribution in [-0.2, 0) is 28.7 Å². The van der Waals surface area contributed by atoms with Crippen LogP contribution < -0.4 is 21.3 Å². The SMILES string of the molecule is CC.CC(C)C.CC1CCCN1C(=O)CNC(=O)CC1(C)C=CC=C(OCCCO)C1.CCC.CCC=C(CNC(=O)C(CNC=O)=C1CC1)NC(C(=O)N(C)C)c1ccccc1. The van der Waals surface area contributed by atoms with Crippen molar-refractivity contribution >= 4 is 30.0 Å². The molecule has 3 aliphatic rings. The molecule has 2 fully saturated rings. The quantitative estimate of drug-likeness (QED) is 0.0541. The van der Waals surface area contributed by atoms with Crippen LogP contribution in [0.5, 0.6) is 0 Å². The number of carbonyl (C=O) groups is 5. The maximum absolute atomic E-state index is 12.7. The van der Waals surface area contributed by atoms with E-state index < -0.39 is 6.04 Å². The number of hydrogen-bond acceptors (Lipinski definition) is 8. The Kier molecular flexibility index (Phi) is 31.0. The third-order valence-electron chi connectivity index (χ3n) is 9.43. The van der Waals surface area contributed by atoms with Gasteiger partial charge in [0.1, 0.15) is 6.04 Å². The van der Waals surface area contributed by atoms with Crippen LogP contribution in [0.1, 0.15) is 139 Å². The van der Waals surface area contributed by atoms with E-state index in [-0.39, 0.29) is 61.3 Å². The Morgan fingerprint density at radius 3 is 2.16 bits per heavy atom. The molecule has 2 aliphatic carbocycles. The first-order valence-corrected chi connectivity index (χ1v) is 23.1. The second-order valence-corrected chi connectivity index (χ2v) is 16.8. The number of aliphatic hydroxyl groups is 1. The van der Waals surface area contributed by atoms with Gasteiger partial charge in [-0.15, -0.1) is 0 Å². The van der Waals surface area contributed by atoms with Crippen molar-refractivity contribution in [2.75, 3.05) is 53.5 Å². The molecule has 1 aliphatic heterocycles. The van der Waals surface area contributed by atoms with Crippen LogP contribution in [0.4, 0.5) is 0 Å². The summed E-state index contributed by atoms with van der Waals surface area (Å²) in [4.78, 5) is 63.8. The molecule has 13 heteroatoms. The average molecular weight is 881 g/mol. The number of nitrogens with one attached hydrogen (secondary N) is 4. The van der Waals surface area contributed by atoms with Crippen LogP contribution in [0.2, 0.25) is 0 Å². The number of amides is 5. The number of rotatable bonds is 19. The van der Waals surface area contributed by atoms with Crippen LogP contribution in [0.3, 0.4) is 0 Å². The lowest BCUT2D eigenvalue weighted by Crippen LogP contribution is -2.42. The lowest BCUT2D eigenvalue weighted by molar-refractivity contribution is -0.133. The van der Waals surface area contributed by atoms with Gasteiger partial charge in [0.05, 0.1) is 25.5 Å². The molecule has 1 saturated carbocycles. The van der Waals surface area contributed by atoms with Gasteiger partial charge in [0.25, 0.3) is 0 Å². The molecule has 0 spiro atoms. The van der Waals surface area contributed by atoms with E-state index in [1.807, 2.05) is 94.2 Å². The number of likely N-dealkylation sites (tertiary alicyclic amines) is 1. The second kappa shape index (κ2) is 33.6. The molecule has 1 heterocycles. The minimum Gasteiger partial charge on any atom is -0.498 e. The van der Waals surface area contributed by atoms with Crippen LogP contribution in [0, 0.1) is 11.3 Å². The summed E-state index contributed by atoms with van der Waals surface area (Å²) in [7, 11) is 3.44. The van der Waals surface area contributed by atoms with Crippen molar-refractivity contribution in [1.29, 1.82) is 0 Å². The normalized spacial score (nSPS) is 17.5. The van der Waals surface area contributed by atoms with Gasteiger partial charge in [-0.25, -0.2) is 0 Å². The number of ether oxygens (including phenoxy) is 1. The fraction of sp³-hybridized carbons (Fsp3) is 0.620. The fourth-order valence-corrected chi connectivity index (χ4v) is 6.36. The van der Waals surface area contributed by atoms with Crippen molar-refractivity contribution in [3.63, 3.8) is 0 Å². The van der Waals surface area contributed by atoms with Crippen molar-refractivity contribution in [2.24, 2.45) is 11.3 Å². The minimum absolute atomic E-state index is 0.00406. The van der Waals surface area contributed by atoms with E-state index in [2.05, 4.69) is 55.9 Å². The van der Waals surface area contributed by atoms with Gasteiger partial charge < -0.3 is 40.9 Å². The van der Waals surface area contributed by atoms with Gasteiger partial charge in [0.15, 0.2) is 0 Å². The van der Waals surface area contributed by atoms with E-state index in [1.165, 1.54) is 6.42 Å². The zero-order valence-corrected chi connectivity index (χ0v) is 40.9. The molecule has 1 aromatic carbocycles. The largest absolute Gasteiger partial charge is 0.498 e. The first-order valence-electron chi connectivity index (χ1n) is 23.1. The van der Waals surface area contributed by atoms with E-state index in [0.717, 1.165) is 67.2 Å². The molecule has 356 valence electrons. The van der Waals surface area contributed by atoms with Gasteiger partial charge in [-0.1, -0.05) is 123 Å². The topological polar surface area (TPSA) is 169 Å². The number of benzene rings is 1. The van der Waals surface area contributed by atoms with Crippen molar-refractivity contribution in [3.8, 4) is 0 Å². The van der Waals surface area contributed by atoms with Crippen LogP contribution >= 0.6 is 0 Å². The Hall–Kier alpha value is -4.91. The Morgan fingerprint density at radius 2 is 1.63 bits per heavy atom. The molecule has 4 rings (SSSR count). The summed E-state index contributed by atoms with van der Waals surface area (Å²) < 4.78 is 5.64. The third-order valence-corrected chi connectivity index (χ3v) is 9.43. The number of carbonyl (C=O) groups excluding carboxylic acids is 5. The first-order chi connectivity index (χ1) is 30.1. The molecule has 13 nitrogen and oxygen atoms in total. The molecular formula is C50H84N6O7. The van der Waals surface area contributed by atoms with E-state index >= 15 is 0 Å². The molecule has 63 heavy (non-hydrogen) atoms. The average Bonchev–Trinajstić information content (AvgIpc) is 4.00. The standard InChI is InChI=1S/C22H30N4O3.C19H30N2O4.C4H10.C3H8.C2H6/c1-4-8-18(13-24-21(28)19(14-23-15-27)16-11-12-16)25-20(22(29)26(2)3)17-9-6-5-7-10-17;1-15-6-4-9-21(15)18(24)14-20-17(23)13-19(2)8-3-7-16(12-19)25-11-5-10-22;1-4(2)3;1-3-2;1-2/h5-10,15,20,25H,4,11-14H2,1-3H3,(H,23,27)(H,24,28);3,7-8,15,22H,4-6,9-14H2,1-2H3,(H,20,23);4H,1-3H3;3H2,1-2H3;1-2H3. The van der Waals surface area contributed by atoms with Crippen LogP contribution in [0.15, 0.2) is 77.2 Å². The second-order valence-electron chi connectivity index (χ2n) is 16.8. The number of hydrogen-bond donors (Lipinski definition) is 5. The molecule has 5 N–H and O–H groups in total. The Morgan fingerprint density at radius 1 is 1.00 bits per heavy atom. The Labute approximate surface area is 380 Å². The summed E-state index contributed by atoms with van der Waals surface area (Å²) in [6, 6.07) is 9.23. The first kappa shape index (κ1) is 58.1. The molecule has 0 radical (unpaired) electrons. The predicted molar refractivity (Wildman–Crippen MR) is 256 cm³/mol. The Bertz CT molecular complexity index is 1610. The third kappa shape index (κ3) is 25.1. The molecule has 1 saturated heterocycles. The zero-order valence-electron chi connectivity index (χ0n) is 40.9. The van der Waals surface area contributed by atoms with Gasteiger partial charge in [-0.3, -0.25) is 24.0 Å².